The second kappa shape index (κ2) is 10.9. The van der Waals surface area contributed by atoms with E-state index in [0.29, 0.717) is 0 Å². The van der Waals surface area contributed by atoms with E-state index in [4.69, 9.17) is 22.0 Å². The second-order valence-electron chi connectivity index (χ2n) is 6.04. The molecule has 164 valence electrons. The molecule has 1 aromatic carbocycles. The standard InChI is InChI=1S/C20H33FN4O3S/c1-16(2)15-29(27,28)22-6-4-5-7-24-8-10-25(11-9-24)20-13-18(21)12-19(14-20)23-17(3)26/h12-14,16,22H,4-11,15H2,1-3H3,(H,23,26)/i1D3,2D3,8D,9D,12D,13D,14D,15D2,16D/hD2. The highest BCUT2D eigenvalue weighted by Crippen LogP contribution is 2.23. The summed E-state index contributed by atoms with van der Waals surface area (Å²) >= 11 is 0. The first-order valence-electron chi connectivity index (χ1n) is 16.7. The number of amides is 1. The molecule has 1 amide bonds. The molecule has 0 aliphatic carbocycles. The minimum absolute atomic E-state index is 0.00927. The number of nitrogens with one attached hydrogen (secondary N) is 2. The summed E-state index contributed by atoms with van der Waals surface area (Å²) in [5.74, 6) is -6.46. The second-order valence-corrected chi connectivity index (χ2v) is 7.45. The maximum atomic E-state index is 14.7. The van der Waals surface area contributed by atoms with Gasteiger partial charge < -0.3 is 10.2 Å². The van der Waals surface area contributed by atoms with Crippen molar-refractivity contribution in [1.82, 2.24) is 9.62 Å². The van der Waals surface area contributed by atoms with Crippen molar-refractivity contribution >= 4 is 27.3 Å². The molecule has 2 rings (SSSR count). The maximum Gasteiger partial charge on any atom is 0.221 e. The highest BCUT2D eigenvalue weighted by atomic mass is 32.2. The first-order valence-corrected chi connectivity index (χ1v) is 10.1. The highest BCUT2D eigenvalue weighted by molar-refractivity contribution is 7.89. The number of unbranched alkanes of at least 4 members (excludes halogenated alkanes) is 1. The average Bonchev–Trinajstić information content (AvgIpc) is 2.88. The Morgan fingerprint density at radius 1 is 1.41 bits per heavy atom. The van der Waals surface area contributed by atoms with Crippen LogP contribution in [0.1, 0.15) is 52.7 Å². The van der Waals surface area contributed by atoms with Crippen molar-refractivity contribution in [2.45, 2.75) is 33.5 Å². The number of nitrogens with zero attached hydrogens (tertiary/aromatic N) is 2. The monoisotopic (exact) mass is 444 g/mol. The van der Waals surface area contributed by atoms with Crippen molar-refractivity contribution in [2.75, 3.05) is 55.1 Å². The van der Waals surface area contributed by atoms with E-state index >= 15 is 0 Å². The van der Waals surface area contributed by atoms with Crippen LogP contribution in [0.25, 0.3) is 0 Å². The van der Waals surface area contributed by atoms with Crippen LogP contribution in [-0.2, 0) is 14.8 Å². The summed E-state index contributed by atoms with van der Waals surface area (Å²) in [5, 5.41) is 0.140. The predicted octanol–water partition coefficient (Wildman–Crippen LogP) is 2.26. The minimum Gasteiger partial charge on any atom is -0.369 e. The molecule has 0 spiro atoms. The lowest BCUT2D eigenvalue weighted by atomic mass is 10.2. The fraction of sp³-hybridized carbons (Fsp3) is 0.650. The summed E-state index contributed by atoms with van der Waals surface area (Å²) in [6.45, 7) is -10.7. The van der Waals surface area contributed by atoms with Gasteiger partial charge in [0.25, 0.3) is 0 Å². The third-order valence-corrected chi connectivity index (χ3v) is 4.65. The molecule has 0 saturated carbocycles. The Kier molecular flexibility index (Phi) is 3.61. The predicted molar refractivity (Wildman–Crippen MR) is 115 cm³/mol. The summed E-state index contributed by atoms with van der Waals surface area (Å²) in [5.41, 5.74) is -5.37. The lowest BCUT2D eigenvalue weighted by Crippen LogP contribution is -2.46. The van der Waals surface area contributed by atoms with Crippen molar-refractivity contribution in [3.63, 3.8) is 0 Å². The average molecular weight is 445 g/mol. The molecule has 1 aromatic rings. The number of hydrogen-bond acceptors (Lipinski definition) is 5. The lowest BCUT2D eigenvalue weighted by Gasteiger charge is -2.36. The van der Waals surface area contributed by atoms with Gasteiger partial charge in [-0.1, -0.05) is 13.7 Å². The van der Waals surface area contributed by atoms with Crippen molar-refractivity contribution in [3.05, 3.63) is 23.9 Å². The Balaban J connectivity index is 2.17. The van der Waals surface area contributed by atoms with Crippen molar-refractivity contribution in [1.29, 1.82) is 0 Å². The Bertz CT molecular complexity index is 1350. The van der Waals surface area contributed by atoms with Crippen LogP contribution in [-0.4, -0.2) is 64.2 Å². The molecule has 0 aromatic heterocycles. The normalized spacial score (nSPS) is 30.7. The quantitative estimate of drug-likeness (QED) is 0.541. The van der Waals surface area contributed by atoms with Gasteiger partial charge in [-0.05, 0) is 43.4 Å². The summed E-state index contributed by atoms with van der Waals surface area (Å²) in [4.78, 5) is 14.2. The minimum atomic E-state index is -5.64. The van der Waals surface area contributed by atoms with Gasteiger partial charge in [-0.15, -0.1) is 0 Å². The van der Waals surface area contributed by atoms with E-state index in [1.807, 2.05) is 0 Å². The third-order valence-electron chi connectivity index (χ3n) is 3.67. The number of hydrogen-bond donors (Lipinski definition) is 2. The Labute approximate surface area is 196 Å². The summed E-state index contributed by atoms with van der Waals surface area (Å²) < 4.78 is 165. The topological polar surface area (TPSA) is 81.8 Å². The molecule has 2 unspecified atom stereocenters. The molecule has 1 fully saturated rings. The van der Waals surface area contributed by atoms with Gasteiger partial charge in [0.05, 0.1) is 9.82 Å². The van der Waals surface area contributed by atoms with Gasteiger partial charge >= 0.3 is 0 Å². The Morgan fingerprint density at radius 2 is 2.14 bits per heavy atom. The zero-order valence-electron chi connectivity index (χ0n) is 31.7. The molecule has 1 aliphatic heterocycles. The summed E-state index contributed by atoms with van der Waals surface area (Å²) in [6.07, 6.45) is -0.183. The molecule has 2 N–H and O–H groups in total. The number of carbonyl (C=O) groups is 1. The van der Waals surface area contributed by atoms with Crippen LogP contribution in [0.3, 0.4) is 0 Å². The van der Waals surface area contributed by atoms with Crippen molar-refractivity contribution < 1.29 is 39.6 Å². The molecule has 2 atom stereocenters. The fourth-order valence-electron chi connectivity index (χ4n) is 2.46. The molecule has 0 radical (unpaired) electrons. The van der Waals surface area contributed by atoms with Gasteiger partial charge in [-0.25, -0.2) is 17.5 Å². The molecule has 1 saturated heterocycles. The third kappa shape index (κ3) is 8.67. The summed E-state index contributed by atoms with van der Waals surface area (Å²) in [7, 11) is -5.64. The molecular formula is C20H33FN4O3S. The van der Waals surface area contributed by atoms with Crippen LogP contribution in [0.2, 0.25) is 2.82 Å². The van der Waals surface area contributed by atoms with Gasteiger partial charge in [0.2, 0.25) is 15.9 Å². The van der Waals surface area contributed by atoms with E-state index in [1.54, 1.807) is 0 Å². The van der Waals surface area contributed by atoms with E-state index < -0.39 is 96.1 Å². The van der Waals surface area contributed by atoms with Crippen molar-refractivity contribution in [3.8, 4) is 0 Å². The van der Waals surface area contributed by atoms with E-state index in [-0.39, 0.29) is 42.5 Å². The number of piperazine rings is 1. The fourth-order valence-corrected chi connectivity index (χ4v) is 3.15. The van der Waals surface area contributed by atoms with Crippen LogP contribution in [0, 0.1) is 11.7 Å². The van der Waals surface area contributed by atoms with Gasteiger partial charge in [-0.2, -0.15) is 0 Å². The van der Waals surface area contributed by atoms with Crippen LogP contribution in [0.15, 0.2) is 18.1 Å². The highest BCUT2D eigenvalue weighted by Gasteiger charge is 2.18. The van der Waals surface area contributed by atoms with Crippen LogP contribution in [0.4, 0.5) is 15.8 Å². The zero-order chi connectivity index (χ0) is 35.2. The van der Waals surface area contributed by atoms with Gasteiger partial charge in [0.1, 0.15) is 7.23 Å². The number of benzene rings is 1. The molecule has 1 aliphatic rings. The van der Waals surface area contributed by atoms with E-state index in [1.165, 1.54) is 9.80 Å². The largest absolute Gasteiger partial charge is 0.369 e. The number of anilines is 2. The van der Waals surface area contributed by atoms with E-state index in [0.717, 1.165) is 6.92 Å². The SMILES string of the molecule is [2H]c1c(F)c([2H])c(N([2H])C(C)=O)c([2H])c1N1CC([2H])N(CCCCN([2H])S(=O)(=O)C([2H])([2H])C([2H])(C([2H])([2H])[2H])C([2H])([2H])[2H])C([2H])C1. The number of carbonyl (C=O) groups excluding carboxylic acids is 1. The maximum absolute atomic E-state index is 14.7. The van der Waals surface area contributed by atoms with Crippen LogP contribution in [0.5, 0.6) is 0 Å². The molecule has 29 heavy (non-hydrogen) atoms. The Hall–Kier alpha value is -1.71. The Morgan fingerprint density at radius 3 is 2.79 bits per heavy atom. The van der Waals surface area contributed by atoms with Gasteiger partial charge in [-0.3, -0.25) is 9.69 Å². The van der Waals surface area contributed by atoms with Gasteiger partial charge in [0, 0.05) is 66.1 Å². The van der Waals surface area contributed by atoms with Crippen LogP contribution < -0.4 is 14.9 Å². The first-order chi connectivity index (χ1) is 20.2. The van der Waals surface area contributed by atoms with E-state index in [9.17, 15) is 17.6 Å². The smallest absolute Gasteiger partial charge is 0.221 e. The zero-order valence-corrected chi connectivity index (χ0v) is 16.5. The first kappa shape index (κ1) is 9.62. The number of rotatable bonds is 10. The molecule has 0 bridgehead atoms. The molecule has 1 heterocycles. The van der Waals surface area contributed by atoms with Crippen molar-refractivity contribution in [2.24, 2.45) is 5.89 Å². The van der Waals surface area contributed by atoms with Gasteiger partial charge in [0.15, 0.2) is 1.41 Å². The number of sulfonamides is 1. The molecular weight excluding hydrogens is 395 g/mol. The summed E-state index contributed by atoms with van der Waals surface area (Å²) in [6, 6.07) is -2.58. The molecule has 9 heteroatoms. The van der Waals surface area contributed by atoms with Crippen LogP contribution >= 0.6 is 0 Å². The molecule has 7 nitrogen and oxygen atoms in total. The lowest BCUT2D eigenvalue weighted by molar-refractivity contribution is -0.114. The van der Waals surface area contributed by atoms with E-state index in [2.05, 4.69) is 0 Å². The number of halogens is 1.